The smallest absolute Gasteiger partial charge is 0.254 e. The number of rotatable bonds is 4. The highest BCUT2D eigenvalue weighted by molar-refractivity contribution is 5.98. The van der Waals surface area contributed by atoms with Crippen LogP contribution in [0.25, 0.3) is 5.69 Å². The number of hydrogen-bond acceptors (Lipinski definition) is 4. The van der Waals surface area contributed by atoms with Crippen molar-refractivity contribution in [2.24, 2.45) is 5.73 Å². The Labute approximate surface area is 146 Å². The maximum Gasteiger partial charge on any atom is 0.254 e. The van der Waals surface area contributed by atoms with Gasteiger partial charge in [-0.3, -0.25) is 9.59 Å². The zero-order chi connectivity index (χ0) is 18.0. The predicted octanol–water partition coefficient (Wildman–Crippen LogP) is 0.939. The van der Waals surface area contributed by atoms with Crippen LogP contribution in [0.3, 0.4) is 0 Å². The predicted molar refractivity (Wildman–Crippen MR) is 94.3 cm³/mol. The molecule has 2 heterocycles. The van der Waals surface area contributed by atoms with Crippen LogP contribution < -0.4 is 11.1 Å². The third-order valence-corrected chi connectivity index (χ3v) is 4.19. The molecule has 1 aromatic heterocycles. The summed E-state index contributed by atoms with van der Waals surface area (Å²) >= 11 is 0. The Hall–Kier alpha value is -2.67. The molecule has 2 aromatic rings. The van der Waals surface area contributed by atoms with E-state index >= 15 is 0 Å². The van der Waals surface area contributed by atoms with E-state index in [1.165, 1.54) is 0 Å². The van der Waals surface area contributed by atoms with E-state index in [4.69, 9.17) is 5.73 Å². The number of nitrogens with one attached hydrogen (secondary N) is 1. The van der Waals surface area contributed by atoms with Crippen LogP contribution in [-0.2, 0) is 4.79 Å². The summed E-state index contributed by atoms with van der Waals surface area (Å²) in [5.74, 6) is -0.342. The lowest BCUT2D eigenvalue weighted by atomic mass is 10.1. The Balaban J connectivity index is 1.84. The molecule has 0 radical (unpaired) electrons. The van der Waals surface area contributed by atoms with Crippen molar-refractivity contribution in [3.8, 4) is 5.69 Å². The topological polar surface area (TPSA) is 93.3 Å². The minimum Gasteiger partial charge on any atom is -0.352 e. The molecule has 1 fully saturated rings. The van der Waals surface area contributed by atoms with Crippen molar-refractivity contribution < 1.29 is 9.59 Å². The molecule has 0 saturated carbocycles. The summed E-state index contributed by atoms with van der Waals surface area (Å²) in [4.78, 5) is 27.0. The summed E-state index contributed by atoms with van der Waals surface area (Å²) in [5, 5.41) is 7.05. The van der Waals surface area contributed by atoms with Crippen molar-refractivity contribution in [1.82, 2.24) is 20.0 Å². The Morgan fingerprint density at radius 1 is 1.32 bits per heavy atom. The first-order chi connectivity index (χ1) is 12.0. The molecular weight excluding hydrogens is 318 g/mol. The van der Waals surface area contributed by atoms with Gasteiger partial charge in [0.25, 0.3) is 5.91 Å². The van der Waals surface area contributed by atoms with Crippen LogP contribution in [0.4, 0.5) is 0 Å². The van der Waals surface area contributed by atoms with E-state index in [1.54, 1.807) is 27.9 Å². The Morgan fingerprint density at radius 2 is 2.12 bits per heavy atom. The summed E-state index contributed by atoms with van der Waals surface area (Å²) in [6.45, 7) is 4.17. The summed E-state index contributed by atoms with van der Waals surface area (Å²) in [6, 6.07) is 8.32. The van der Waals surface area contributed by atoms with Gasteiger partial charge in [-0.15, -0.1) is 0 Å². The van der Waals surface area contributed by atoms with Crippen LogP contribution in [0.15, 0.2) is 42.7 Å². The minimum absolute atomic E-state index is 0.0180. The van der Waals surface area contributed by atoms with Crippen molar-refractivity contribution in [2.75, 3.05) is 6.54 Å². The van der Waals surface area contributed by atoms with Crippen LogP contribution in [0.1, 0.15) is 30.6 Å². The fraction of sp³-hybridized carbons (Fsp3) is 0.389. The number of nitrogens with zero attached hydrogens (tertiary/aromatic N) is 3. The molecule has 7 nitrogen and oxygen atoms in total. The second-order valence-electron chi connectivity index (χ2n) is 6.63. The average molecular weight is 341 g/mol. The van der Waals surface area contributed by atoms with Crippen LogP contribution in [0.2, 0.25) is 0 Å². The van der Waals surface area contributed by atoms with Gasteiger partial charge >= 0.3 is 0 Å². The van der Waals surface area contributed by atoms with Crippen LogP contribution in [0.5, 0.6) is 0 Å². The van der Waals surface area contributed by atoms with E-state index in [2.05, 4.69) is 10.4 Å². The number of hydrogen-bond donors (Lipinski definition) is 2. The first-order valence-electron chi connectivity index (χ1n) is 8.42. The number of carbonyl (C=O) groups is 2. The summed E-state index contributed by atoms with van der Waals surface area (Å²) in [7, 11) is 0. The van der Waals surface area contributed by atoms with Crippen molar-refractivity contribution in [2.45, 2.75) is 38.4 Å². The normalized spacial score (nSPS) is 20.1. The van der Waals surface area contributed by atoms with E-state index < -0.39 is 6.04 Å². The zero-order valence-electron chi connectivity index (χ0n) is 14.4. The first-order valence-corrected chi connectivity index (χ1v) is 8.42. The SMILES string of the molecule is CC(C)NC(=O)[C@@H]1C[C@@H](N)CN1C(=O)c1cccc(-n2cccn2)c1. The fourth-order valence-electron chi connectivity index (χ4n) is 3.09. The van der Waals surface area contributed by atoms with Gasteiger partial charge in [-0.1, -0.05) is 6.07 Å². The van der Waals surface area contributed by atoms with Gasteiger partial charge in [-0.2, -0.15) is 5.10 Å². The molecule has 2 atom stereocenters. The van der Waals surface area contributed by atoms with Crippen LogP contribution in [-0.4, -0.2) is 51.2 Å². The molecule has 0 spiro atoms. The van der Waals surface area contributed by atoms with Crippen molar-refractivity contribution in [3.05, 3.63) is 48.3 Å². The molecule has 1 aliphatic heterocycles. The Bertz CT molecular complexity index is 757. The number of nitrogens with two attached hydrogens (primary N) is 1. The largest absolute Gasteiger partial charge is 0.352 e. The molecule has 7 heteroatoms. The highest BCUT2D eigenvalue weighted by Crippen LogP contribution is 2.21. The molecule has 3 N–H and O–H groups in total. The van der Waals surface area contributed by atoms with E-state index in [-0.39, 0.29) is 23.9 Å². The standard InChI is InChI=1S/C18H23N5O2/c1-12(2)21-17(24)16-10-14(19)11-22(16)18(25)13-5-3-6-15(9-13)23-8-4-7-20-23/h3-9,12,14,16H,10-11,19H2,1-2H3,(H,21,24)/t14-,16+/m1/s1. The third kappa shape index (κ3) is 3.71. The maximum atomic E-state index is 13.0. The molecule has 1 aliphatic rings. The second kappa shape index (κ2) is 7.06. The van der Waals surface area contributed by atoms with Crippen molar-refractivity contribution >= 4 is 11.8 Å². The average Bonchev–Trinajstić information content (AvgIpc) is 3.23. The monoisotopic (exact) mass is 341 g/mol. The number of amides is 2. The van der Waals surface area contributed by atoms with E-state index in [0.29, 0.717) is 18.5 Å². The molecule has 1 aromatic carbocycles. The van der Waals surface area contributed by atoms with Gasteiger partial charge in [0, 0.05) is 36.6 Å². The second-order valence-corrected chi connectivity index (χ2v) is 6.63. The summed E-state index contributed by atoms with van der Waals surface area (Å²) in [6.07, 6.45) is 3.97. The molecule has 132 valence electrons. The highest BCUT2D eigenvalue weighted by Gasteiger charge is 2.38. The number of benzene rings is 1. The summed E-state index contributed by atoms with van der Waals surface area (Å²) in [5.41, 5.74) is 7.33. The highest BCUT2D eigenvalue weighted by atomic mass is 16.2. The maximum absolute atomic E-state index is 13.0. The van der Waals surface area contributed by atoms with Crippen LogP contribution in [0, 0.1) is 0 Å². The van der Waals surface area contributed by atoms with E-state index in [1.807, 2.05) is 38.2 Å². The molecule has 1 saturated heterocycles. The molecule has 3 rings (SSSR count). The van der Waals surface area contributed by atoms with E-state index in [9.17, 15) is 9.59 Å². The van der Waals surface area contributed by atoms with Gasteiger partial charge in [0.1, 0.15) is 6.04 Å². The van der Waals surface area contributed by atoms with Crippen molar-refractivity contribution in [3.63, 3.8) is 0 Å². The zero-order valence-corrected chi connectivity index (χ0v) is 14.4. The van der Waals surface area contributed by atoms with Gasteiger partial charge < -0.3 is 16.0 Å². The number of likely N-dealkylation sites (tertiary alicyclic amines) is 1. The lowest BCUT2D eigenvalue weighted by molar-refractivity contribution is -0.125. The lowest BCUT2D eigenvalue weighted by Gasteiger charge is -2.25. The molecule has 0 unspecified atom stereocenters. The first kappa shape index (κ1) is 17.2. The van der Waals surface area contributed by atoms with Crippen molar-refractivity contribution in [1.29, 1.82) is 0 Å². The van der Waals surface area contributed by atoms with Gasteiger partial charge in [-0.25, -0.2) is 4.68 Å². The molecule has 2 amide bonds. The van der Waals surface area contributed by atoms with Gasteiger partial charge in [0.05, 0.1) is 5.69 Å². The Kier molecular flexibility index (Phi) is 4.85. The van der Waals surface area contributed by atoms with Gasteiger partial charge in [0.2, 0.25) is 5.91 Å². The van der Waals surface area contributed by atoms with E-state index in [0.717, 1.165) is 5.69 Å². The quantitative estimate of drug-likeness (QED) is 0.865. The van der Waals surface area contributed by atoms with Gasteiger partial charge in [0.15, 0.2) is 0 Å². The third-order valence-electron chi connectivity index (χ3n) is 4.19. The Morgan fingerprint density at radius 3 is 2.80 bits per heavy atom. The minimum atomic E-state index is -0.529. The summed E-state index contributed by atoms with van der Waals surface area (Å²) < 4.78 is 1.69. The molecule has 0 bridgehead atoms. The molecular formula is C18H23N5O2. The molecule has 0 aliphatic carbocycles. The van der Waals surface area contributed by atoms with Gasteiger partial charge in [-0.05, 0) is 44.5 Å². The number of aromatic nitrogens is 2. The molecule has 25 heavy (non-hydrogen) atoms. The van der Waals surface area contributed by atoms with Crippen LogP contribution >= 0.6 is 0 Å². The lowest BCUT2D eigenvalue weighted by Crippen LogP contribution is -2.47. The fourth-order valence-corrected chi connectivity index (χ4v) is 3.09. The number of carbonyl (C=O) groups excluding carboxylic acids is 2.